The van der Waals surface area contributed by atoms with Crippen LogP contribution in [-0.2, 0) is 28.7 Å². The van der Waals surface area contributed by atoms with Crippen molar-refractivity contribution in [2.24, 2.45) is 0 Å². The lowest BCUT2D eigenvalue weighted by Crippen LogP contribution is -2.44. The number of ketones is 1. The van der Waals surface area contributed by atoms with Crippen LogP contribution in [-0.4, -0.2) is 48.1 Å². The van der Waals surface area contributed by atoms with E-state index < -0.39 is 12.1 Å². The lowest BCUT2D eigenvalue weighted by molar-refractivity contribution is -0.160. The Kier molecular flexibility index (Phi) is 39.9. The molecule has 0 aromatic carbocycles. The van der Waals surface area contributed by atoms with Crippen LogP contribution in [0.15, 0.2) is 0 Å². The number of thiol groups is 1. The van der Waals surface area contributed by atoms with E-state index in [0.717, 1.165) is 57.8 Å². The van der Waals surface area contributed by atoms with Gasteiger partial charge in [-0.3, -0.25) is 19.2 Å². The number of unbranched alkanes of at least 4 members (excludes halogenated alkanes) is 28. The third-order valence-corrected chi connectivity index (χ3v) is 10.9. The second kappa shape index (κ2) is 41.1. The fraction of sp³-hybridized carbons (Fsp3) is 0.913. The molecule has 318 valence electrons. The van der Waals surface area contributed by atoms with Crippen LogP contribution in [0.4, 0.5) is 0 Å². The van der Waals surface area contributed by atoms with Gasteiger partial charge in [0.2, 0.25) is 5.91 Å². The third-order valence-electron chi connectivity index (χ3n) is 10.5. The molecule has 0 aliphatic heterocycles. The van der Waals surface area contributed by atoms with Gasteiger partial charge in [-0.05, 0) is 19.3 Å². The van der Waals surface area contributed by atoms with Crippen LogP contribution >= 0.6 is 12.6 Å². The van der Waals surface area contributed by atoms with Gasteiger partial charge < -0.3 is 14.8 Å². The van der Waals surface area contributed by atoms with Crippen LogP contribution in [0.5, 0.6) is 0 Å². The zero-order valence-corrected chi connectivity index (χ0v) is 36.6. The van der Waals surface area contributed by atoms with Gasteiger partial charge in [0, 0.05) is 31.4 Å². The molecule has 7 nitrogen and oxygen atoms in total. The monoisotopic (exact) mass is 782 g/mol. The SMILES string of the molecule is CCCCCCCCCCCCCCCC(=O)N[C@@H](CS)C(=O)C[C@H](COC(=O)CCCCCCCCCCC)OC(=O)CCCCCCCCCCC. The number of ether oxygens (including phenoxy) is 2. The highest BCUT2D eigenvalue weighted by Crippen LogP contribution is 2.16. The summed E-state index contributed by atoms with van der Waals surface area (Å²) in [7, 11) is 0. The van der Waals surface area contributed by atoms with Crippen molar-refractivity contribution in [3.63, 3.8) is 0 Å². The minimum Gasteiger partial charge on any atom is -0.462 e. The van der Waals surface area contributed by atoms with Crippen molar-refractivity contribution in [1.29, 1.82) is 0 Å². The molecular formula is C46H87NO6S. The molecule has 0 saturated heterocycles. The van der Waals surface area contributed by atoms with E-state index >= 15 is 0 Å². The van der Waals surface area contributed by atoms with Crippen LogP contribution in [0.1, 0.15) is 245 Å². The molecule has 0 bridgehead atoms. The maximum atomic E-state index is 13.3. The summed E-state index contributed by atoms with van der Waals surface area (Å²) in [6.07, 6.45) is 36.9. The second-order valence-corrected chi connectivity index (χ2v) is 16.3. The second-order valence-electron chi connectivity index (χ2n) is 15.9. The van der Waals surface area contributed by atoms with E-state index in [4.69, 9.17) is 9.47 Å². The van der Waals surface area contributed by atoms with Gasteiger partial charge in [0.25, 0.3) is 0 Å². The summed E-state index contributed by atoms with van der Waals surface area (Å²) in [6.45, 7) is 6.55. The average molecular weight is 782 g/mol. The molecule has 0 fully saturated rings. The zero-order chi connectivity index (χ0) is 39.7. The molecule has 1 amide bonds. The Morgan fingerprint density at radius 3 is 1.17 bits per heavy atom. The van der Waals surface area contributed by atoms with Crippen LogP contribution in [0, 0.1) is 0 Å². The quantitative estimate of drug-likeness (QED) is 0.0363. The summed E-state index contributed by atoms with van der Waals surface area (Å²) >= 11 is 4.35. The lowest BCUT2D eigenvalue weighted by atomic mass is 10.0. The van der Waals surface area contributed by atoms with Crippen molar-refractivity contribution in [2.75, 3.05) is 12.4 Å². The zero-order valence-electron chi connectivity index (χ0n) is 35.7. The van der Waals surface area contributed by atoms with Gasteiger partial charge in [-0.1, -0.05) is 201 Å². The highest BCUT2D eigenvalue weighted by atomic mass is 32.1. The molecule has 0 heterocycles. The predicted octanol–water partition coefficient (Wildman–Crippen LogP) is 13.1. The summed E-state index contributed by atoms with van der Waals surface area (Å²) in [5, 5.41) is 2.85. The van der Waals surface area contributed by atoms with Gasteiger partial charge in [0.15, 0.2) is 5.78 Å². The Balaban J connectivity index is 4.64. The van der Waals surface area contributed by atoms with Crippen molar-refractivity contribution < 1.29 is 28.7 Å². The molecule has 0 rings (SSSR count). The van der Waals surface area contributed by atoms with E-state index in [1.54, 1.807) is 0 Å². The molecule has 1 N–H and O–H groups in total. The highest BCUT2D eigenvalue weighted by molar-refractivity contribution is 7.80. The van der Waals surface area contributed by atoms with Crippen molar-refractivity contribution in [2.45, 2.75) is 258 Å². The number of nitrogens with one attached hydrogen (secondary N) is 1. The number of amides is 1. The molecule has 54 heavy (non-hydrogen) atoms. The van der Waals surface area contributed by atoms with Gasteiger partial charge in [-0.15, -0.1) is 0 Å². The number of carbonyl (C=O) groups excluding carboxylic acids is 4. The first-order valence-electron chi connectivity index (χ1n) is 23.2. The summed E-state index contributed by atoms with van der Waals surface area (Å²) in [6, 6.07) is -0.779. The number of rotatable bonds is 42. The molecule has 8 heteroatoms. The lowest BCUT2D eigenvalue weighted by Gasteiger charge is -2.21. The van der Waals surface area contributed by atoms with E-state index in [9.17, 15) is 19.2 Å². The summed E-state index contributed by atoms with van der Waals surface area (Å²) < 4.78 is 11.2. The van der Waals surface area contributed by atoms with Gasteiger partial charge >= 0.3 is 11.9 Å². The number of hydrogen-bond acceptors (Lipinski definition) is 7. The van der Waals surface area contributed by atoms with Crippen LogP contribution in [0.3, 0.4) is 0 Å². The molecule has 0 radical (unpaired) electrons. The van der Waals surface area contributed by atoms with E-state index in [0.29, 0.717) is 12.8 Å². The number of esters is 2. The normalized spacial score (nSPS) is 12.4. The number of hydrogen-bond donors (Lipinski definition) is 2. The van der Waals surface area contributed by atoms with E-state index in [2.05, 4.69) is 38.7 Å². The van der Waals surface area contributed by atoms with Gasteiger partial charge in [-0.2, -0.15) is 12.6 Å². The Hall–Kier alpha value is -1.57. The molecule has 0 aliphatic carbocycles. The Morgan fingerprint density at radius 2 is 0.796 bits per heavy atom. The van der Waals surface area contributed by atoms with Crippen molar-refractivity contribution >= 4 is 36.3 Å². The fourth-order valence-corrected chi connectivity index (χ4v) is 7.26. The fourth-order valence-electron chi connectivity index (χ4n) is 6.96. The average Bonchev–Trinajstić information content (AvgIpc) is 3.16. The summed E-state index contributed by atoms with van der Waals surface area (Å²) in [5.41, 5.74) is 0. The standard InChI is InChI=1S/C46H87NO6S/c1-4-7-10-13-16-19-20-21-22-25-26-29-32-35-44(49)47-42(40-54)43(48)38-41(53-46(51)37-34-31-28-24-18-15-12-9-6-3)39-52-45(50)36-33-30-27-23-17-14-11-8-5-2/h41-42,54H,4-40H2,1-3H3,(H,47,49)/t41-,42+/m1/s1. The first-order valence-corrected chi connectivity index (χ1v) is 23.8. The molecule has 0 spiro atoms. The molecule has 0 aliphatic rings. The maximum absolute atomic E-state index is 13.3. The molecule has 2 atom stereocenters. The van der Waals surface area contributed by atoms with Crippen LogP contribution < -0.4 is 5.32 Å². The van der Waals surface area contributed by atoms with Crippen LogP contribution in [0.25, 0.3) is 0 Å². The van der Waals surface area contributed by atoms with Gasteiger partial charge in [-0.25, -0.2) is 0 Å². The van der Waals surface area contributed by atoms with E-state index in [1.165, 1.54) is 141 Å². The minimum atomic E-state index is -0.879. The first kappa shape index (κ1) is 52.4. The third kappa shape index (κ3) is 36.1. The van der Waals surface area contributed by atoms with Crippen LogP contribution in [0.2, 0.25) is 0 Å². The predicted molar refractivity (Wildman–Crippen MR) is 230 cm³/mol. The molecule has 0 aromatic rings. The Labute approximate surface area is 339 Å². The van der Waals surface area contributed by atoms with E-state index in [-0.39, 0.29) is 48.8 Å². The van der Waals surface area contributed by atoms with Crippen molar-refractivity contribution in [3.8, 4) is 0 Å². The number of Topliss-reactive ketones (excluding diaryl/α,β-unsaturated/α-hetero) is 1. The number of carbonyl (C=O) groups is 4. The van der Waals surface area contributed by atoms with E-state index in [1.807, 2.05) is 0 Å². The minimum absolute atomic E-state index is 0.126. The van der Waals surface area contributed by atoms with Crippen molar-refractivity contribution in [3.05, 3.63) is 0 Å². The summed E-state index contributed by atoms with van der Waals surface area (Å²) in [5.74, 6) is -0.973. The smallest absolute Gasteiger partial charge is 0.306 e. The Bertz CT molecular complexity index is 883. The Morgan fingerprint density at radius 1 is 0.463 bits per heavy atom. The summed E-state index contributed by atoms with van der Waals surface area (Å²) in [4.78, 5) is 51.4. The van der Waals surface area contributed by atoms with Gasteiger partial charge in [0.1, 0.15) is 12.7 Å². The van der Waals surface area contributed by atoms with Gasteiger partial charge in [0.05, 0.1) is 6.04 Å². The topological polar surface area (TPSA) is 98.8 Å². The first-order chi connectivity index (χ1) is 26.4. The molecule has 0 saturated carbocycles. The van der Waals surface area contributed by atoms with Crippen molar-refractivity contribution in [1.82, 2.24) is 5.32 Å². The molecule has 0 unspecified atom stereocenters. The maximum Gasteiger partial charge on any atom is 0.306 e. The highest BCUT2D eigenvalue weighted by Gasteiger charge is 2.26. The largest absolute Gasteiger partial charge is 0.462 e. The molecular weight excluding hydrogens is 695 g/mol. The molecule has 0 aromatic heterocycles.